The molecule has 4 fully saturated rings. The fourth-order valence-corrected chi connectivity index (χ4v) is 8.90. The highest BCUT2D eigenvalue weighted by molar-refractivity contribution is 8.93. The molecule has 0 aromatic carbocycles. The van der Waals surface area contributed by atoms with E-state index in [1.807, 2.05) is 0 Å². The zero-order chi connectivity index (χ0) is 25.3. The highest BCUT2D eigenvalue weighted by Gasteiger charge is 2.56. The molecule has 0 heterocycles. The number of hydrogen-bond donors (Lipinski definition) is 1. The van der Waals surface area contributed by atoms with E-state index in [1.54, 1.807) is 0 Å². The Morgan fingerprint density at radius 3 is 1.47 bits per heavy atom. The van der Waals surface area contributed by atoms with E-state index in [0.717, 1.165) is 24.2 Å². The third-order valence-corrected chi connectivity index (χ3v) is 10.4. The summed E-state index contributed by atoms with van der Waals surface area (Å²) in [5.41, 5.74) is 6.46. The number of halogens is 1. The van der Waals surface area contributed by atoms with Gasteiger partial charge in [0.15, 0.2) is 0 Å². The molecule has 0 spiro atoms. The molecule has 0 aromatic rings. The first kappa shape index (κ1) is 32.3. The number of ketones is 1. The minimum atomic E-state index is -0.270. The zero-order valence-electron chi connectivity index (χ0n) is 24.6. The van der Waals surface area contributed by atoms with Crippen molar-refractivity contribution in [3.8, 4) is 0 Å². The molecule has 4 aliphatic carbocycles. The van der Waals surface area contributed by atoms with E-state index in [9.17, 15) is 4.79 Å². The quantitative estimate of drug-likeness (QED) is 0.158. The molecule has 0 amide bonds. The van der Waals surface area contributed by atoms with Gasteiger partial charge in [0.1, 0.15) is 5.78 Å². The predicted octanol–water partition coefficient (Wildman–Crippen LogP) is 10.2. The molecule has 0 aliphatic heterocycles. The second-order valence-corrected chi connectivity index (χ2v) is 14.2. The first-order valence-electron chi connectivity index (χ1n) is 16.1. The Kier molecular flexibility index (Phi) is 14.0. The second kappa shape index (κ2) is 15.6. The van der Waals surface area contributed by atoms with Gasteiger partial charge in [-0.3, -0.25) is 4.79 Å². The van der Waals surface area contributed by atoms with Gasteiger partial charge in [-0.1, -0.05) is 104 Å². The van der Waals surface area contributed by atoms with Crippen LogP contribution in [0.3, 0.4) is 0 Å². The minimum absolute atomic E-state index is 0. The lowest BCUT2D eigenvalue weighted by Crippen LogP contribution is -2.54. The third kappa shape index (κ3) is 9.39. The average Bonchev–Trinajstić information content (AvgIpc) is 2.79. The molecule has 36 heavy (non-hydrogen) atoms. The van der Waals surface area contributed by atoms with Gasteiger partial charge in [0, 0.05) is 16.9 Å². The van der Waals surface area contributed by atoms with Crippen LogP contribution in [0.15, 0.2) is 0 Å². The van der Waals surface area contributed by atoms with E-state index < -0.39 is 0 Å². The smallest absolute Gasteiger partial charge is 0.142 e. The lowest BCUT2D eigenvalue weighted by atomic mass is 9.47. The Morgan fingerprint density at radius 1 is 0.750 bits per heavy atom. The molecule has 3 heteroatoms. The van der Waals surface area contributed by atoms with Gasteiger partial charge in [0.25, 0.3) is 0 Å². The summed E-state index contributed by atoms with van der Waals surface area (Å²) in [6, 6.07) is 0. The average molecular weight is 569 g/mol. The summed E-state index contributed by atoms with van der Waals surface area (Å²) in [5, 5.41) is 0. The van der Waals surface area contributed by atoms with Gasteiger partial charge in [-0.05, 0) is 82.5 Å². The van der Waals surface area contributed by atoms with E-state index in [4.69, 9.17) is 5.73 Å². The topological polar surface area (TPSA) is 43.1 Å². The summed E-state index contributed by atoms with van der Waals surface area (Å²) in [6.45, 7) is 8.88. The van der Waals surface area contributed by atoms with Crippen molar-refractivity contribution in [2.75, 3.05) is 0 Å². The molecule has 2 atom stereocenters. The summed E-state index contributed by atoms with van der Waals surface area (Å²) in [6.07, 6.45) is 28.5. The largest absolute Gasteiger partial charge is 0.325 e. The van der Waals surface area contributed by atoms with Gasteiger partial charge in [0.2, 0.25) is 0 Å². The Labute approximate surface area is 235 Å². The normalized spacial score (nSPS) is 28.6. The molecule has 0 saturated heterocycles. The van der Waals surface area contributed by atoms with Gasteiger partial charge in [-0.2, -0.15) is 0 Å². The van der Waals surface area contributed by atoms with Crippen molar-refractivity contribution in [2.45, 2.75) is 168 Å². The molecule has 2 unspecified atom stereocenters. The van der Waals surface area contributed by atoms with Crippen LogP contribution < -0.4 is 5.73 Å². The molecule has 212 valence electrons. The lowest BCUT2D eigenvalue weighted by Gasteiger charge is -2.57. The minimum Gasteiger partial charge on any atom is -0.325 e. The van der Waals surface area contributed by atoms with Crippen LogP contribution in [0.1, 0.15) is 163 Å². The van der Waals surface area contributed by atoms with E-state index >= 15 is 0 Å². The molecule has 4 bridgehead atoms. The van der Waals surface area contributed by atoms with E-state index in [-0.39, 0.29) is 33.9 Å². The third-order valence-electron chi connectivity index (χ3n) is 10.4. The number of carbonyl (C=O) groups is 1. The SMILES string of the molecule is Br.CCCCCCCCCCCCCCCCC(C(C)C(=O)C12CC3CC(CC(C3)C1)C2)C(C)(C)N. The standard InChI is InChI=1S/C33H61NO.BrH/c1-5-6-7-8-9-10-11-12-13-14-15-16-17-18-19-30(32(3,4)34)26(2)31(35)33-23-27-20-28(24-33)22-29(21-27)25-33;/h26-30H,5-25,34H2,1-4H3;1H. The summed E-state index contributed by atoms with van der Waals surface area (Å²) >= 11 is 0. The molecule has 4 aliphatic rings. The van der Waals surface area contributed by atoms with Crippen molar-refractivity contribution in [3.63, 3.8) is 0 Å². The molecule has 4 saturated carbocycles. The fraction of sp³-hybridized carbons (Fsp3) is 0.970. The number of carbonyl (C=O) groups excluding carboxylic acids is 1. The molecule has 2 nitrogen and oxygen atoms in total. The Balaban J connectivity index is 0.00000456. The monoisotopic (exact) mass is 567 g/mol. The first-order chi connectivity index (χ1) is 16.7. The van der Waals surface area contributed by atoms with Gasteiger partial charge in [-0.15, -0.1) is 17.0 Å². The van der Waals surface area contributed by atoms with Crippen molar-refractivity contribution < 1.29 is 4.79 Å². The van der Waals surface area contributed by atoms with Gasteiger partial charge < -0.3 is 5.73 Å². The maximum atomic E-state index is 14.0. The summed E-state index contributed by atoms with van der Waals surface area (Å²) in [7, 11) is 0. The summed E-state index contributed by atoms with van der Waals surface area (Å²) in [4.78, 5) is 14.0. The van der Waals surface area contributed by atoms with Crippen molar-refractivity contribution in [2.24, 2.45) is 40.7 Å². The van der Waals surface area contributed by atoms with Crippen LogP contribution in [0.25, 0.3) is 0 Å². The summed E-state index contributed by atoms with van der Waals surface area (Å²) in [5.74, 6) is 3.56. The van der Waals surface area contributed by atoms with Crippen molar-refractivity contribution in [3.05, 3.63) is 0 Å². The highest BCUT2D eigenvalue weighted by Crippen LogP contribution is 2.61. The molecular weight excluding hydrogens is 506 g/mol. The maximum Gasteiger partial charge on any atom is 0.142 e. The second-order valence-electron chi connectivity index (χ2n) is 14.2. The number of nitrogens with two attached hydrogens (primary N) is 1. The van der Waals surface area contributed by atoms with Crippen LogP contribution in [0.2, 0.25) is 0 Å². The van der Waals surface area contributed by atoms with Gasteiger partial charge in [0.05, 0.1) is 0 Å². The van der Waals surface area contributed by atoms with Crippen molar-refractivity contribution >= 4 is 22.8 Å². The van der Waals surface area contributed by atoms with Crippen LogP contribution in [0.5, 0.6) is 0 Å². The lowest BCUT2D eigenvalue weighted by molar-refractivity contribution is -0.150. The highest BCUT2D eigenvalue weighted by atomic mass is 79.9. The van der Waals surface area contributed by atoms with Crippen molar-refractivity contribution in [1.82, 2.24) is 0 Å². The first-order valence-corrected chi connectivity index (χ1v) is 16.1. The maximum absolute atomic E-state index is 14.0. The van der Waals surface area contributed by atoms with Crippen molar-refractivity contribution in [1.29, 1.82) is 0 Å². The fourth-order valence-electron chi connectivity index (χ4n) is 8.90. The Hall–Kier alpha value is 0.110. The molecule has 2 N–H and O–H groups in total. The number of rotatable bonds is 19. The van der Waals surface area contributed by atoms with Gasteiger partial charge in [-0.25, -0.2) is 0 Å². The number of hydrogen-bond acceptors (Lipinski definition) is 2. The van der Waals surface area contributed by atoms with E-state index in [0.29, 0.717) is 11.7 Å². The molecule has 0 radical (unpaired) electrons. The Morgan fingerprint density at radius 2 is 1.11 bits per heavy atom. The molecule has 0 aromatic heterocycles. The van der Waals surface area contributed by atoms with Gasteiger partial charge >= 0.3 is 0 Å². The molecular formula is C33H62BrNO. The van der Waals surface area contributed by atoms with Crippen LogP contribution in [-0.4, -0.2) is 11.3 Å². The van der Waals surface area contributed by atoms with Crippen LogP contribution >= 0.6 is 17.0 Å². The molecule has 4 rings (SSSR count). The van der Waals surface area contributed by atoms with Crippen LogP contribution in [-0.2, 0) is 4.79 Å². The van der Waals surface area contributed by atoms with Crippen LogP contribution in [0.4, 0.5) is 0 Å². The number of Topliss-reactive ketones (excluding diaryl/α,β-unsaturated/α-hetero) is 1. The Bertz CT molecular complexity index is 588. The van der Waals surface area contributed by atoms with E-state index in [1.165, 1.54) is 128 Å². The zero-order valence-corrected chi connectivity index (χ0v) is 26.3. The van der Waals surface area contributed by atoms with Crippen LogP contribution in [0, 0.1) is 35.0 Å². The predicted molar refractivity (Wildman–Crippen MR) is 162 cm³/mol. The summed E-state index contributed by atoms with van der Waals surface area (Å²) < 4.78 is 0. The van der Waals surface area contributed by atoms with E-state index in [2.05, 4.69) is 27.7 Å². The number of unbranched alkanes of at least 4 members (excludes halogenated alkanes) is 13.